The first kappa shape index (κ1) is 26.9. The van der Waals surface area contributed by atoms with Crippen molar-refractivity contribution < 1.29 is 22.1 Å². The van der Waals surface area contributed by atoms with Crippen LogP contribution in [-0.4, -0.2) is 25.5 Å². The molecule has 1 aromatic carbocycles. The minimum absolute atomic E-state index is 0. The predicted molar refractivity (Wildman–Crippen MR) is 116 cm³/mol. The van der Waals surface area contributed by atoms with E-state index in [4.69, 9.17) is 0 Å². The Balaban J connectivity index is 0.000000503. The molecule has 162 valence electrons. The number of unbranched alkanes of at least 4 members (excludes halogenated alkanes) is 7. The number of quaternary nitrogens is 1. The summed E-state index contributed by atoms with van der Waals surface area (Å²) < 4.78 is 0. The van der Waals surface area contributed by atoms with Crippen molar-refractivity contribution in [2.45, 2.75) is 91.0 Å². The number of piperidine rings is 1. The lowest BCUT2D eigenvalue weighted by molar-refractivity contribution is -0.918. The monoisotopic (exact) mass is 410 g/mol. The molecular weight excluding hydrogens is 368 g/mol. The lowest BCUT2D eigenvalue weighted by Crippen LogP contribution is -3.11. The van der Waals surface area contributed by atoms with Crippen LogP contribution in [0.1, 0.15) is 90.0 Å². The van der Waals surface area contributed by atoms with E-state index in [-0.39, 0.29) is 18.3 Å². The molecule has 1 amide bonds. The van der Waals surface area contributed by atoms with E-state index in [9.17, 15) is 4.79 Å². The Morgan fingerprint density at radius 3 is 2.04 bits per heavy atom. The molecular formula is C24H43ClN2O. The molecule has 0 radical (unpaired) electrons. The second-order valence-corrected chi connectivity index (χ2v) is 7.93. The van der Waals surface area contributed by atoms with Crippen molar-refractivity contribution in [2.75, 3.05) is 19.6 Å². The van der Waals surface area contributed by atoms with Crippen LogP contribution < -0.4 is 22.6 Å². The minimum Gasteiger partial charge on any atom is -1.00 e. The SMILES string of the molecule is CCCCCCCCCCNC(C)=O.[Cl-].c1ccc(C[NH+]2CCCCC2)cc1. The van der Waals surface area contributed by atoms with Crippen LogP contribution in [0.15, 0.2) is 30.3 Å². The number of likely N-dealkylation sites (tertiary alicyclic amines) is 1. The molecule has 0 unspecified atom stereocenters. The van der Waals surface area contributed by atoms with Gasteiger partial charge in [-0.05, 0) is 25.7 Å². The van der Waals surface area contributed by atoms with Gasteiger partial charge in [-0.15, -0.1) is 0 Å². The number of hydrogen-bond acceptors (Lipinski definition) is 1. The zero-order valence-corrected chi connectivity index (χ0v) is 19.0. The molecule has 1 fully saturated rings. The first-order chi connectivity index (χ1) is 13.2. The molecule has 1 heterocycles. The molecule has 1 aliphatic heterocycles. The van der Waals surface area contributed by atoms with Crippen LogP contribution in [0.4, 0.5) is 0 Å². The number of rotatable bonds is 11. The smallest absolute Gasteiger partial charge is 0.216 e. The molecule has 1 aliphatic rings. The normalized spacial score (nSPS) is 13.8. The number of benzene rings is 1. The van der Waals surface area contributed by atoms with Crippen molar-refractivity contribution in [3.63, 3.8) is 0 Å². The van der Waals surface area contributed by atoms with Gasteiger partial charge in [0.05, 0.1) is 13.1 Å². The number of halogens is 1. The summed E-state index contributed by atoms with van der Waals surface area (Å²) in [5.74, 6) is 0.0907. The Morgan fingerprint density at radius 1 is 0.893 bits per heavy atom. The van der Waals surface area contributed by atoms with E-state index in [0.717, 1.165) is 13.0 Å². The van der Waals surface area contributed by atoms with Crippen LogP contribution in [0.2, 0.25) is 0 Å². The fraction of sp³-hybridized carbons (Fsp3) is 0.708. The van der Waals surface area contributed by atoms with Crippen molar-refractivity contribution in [1.82, 2.24) is 5.32 Å². The van der Waals surface area contributed by atoms with Gasteiger partial charge >= 0.3 is 0 Å². The highest BCUT2D eigenvalue weighted by Crippen LogP contribution is 2.07. The summed E-state index contributed by atoms with van der Waals surface area (Å²) in [5, 5.41) is 2.82. The summed E-state index contributed by atoms with van der Waals surface area (Å²) in [7, 11) is 0. The number of carbonyl (C=O) groups excluding carboxylic acids is 1. The second kappa shape index (κ2) is 19.3. The van der Waals surface area contributed by atoms with E-state index < -0.39 is 0 Å². The first-order valence-electron chi connectivity index (χ1n) is 11.3. The van der Waals surface area contributed by atoms with Gasteiger partial charge in [-0.2, -0.15) is 0 Å². The number of amides is 1. The standard InChI is InChI=1S/C12H25NO.C12H17N.ClH/c1-3-4-5-6-7-8-9-10-11-13-12(2)14;1-3-7-12(8-4-1)11-13-9-5-2-6-10-13;/h3-11H2,1-2H3,(H,13,14);1,3-4,7-8H,2,5-6,9-11H2;1H. The third-order valence-corrected chi connectivity index (χ3v) is 5.26. The van der Waals surface area contributed by atoms with Crippen LogP contribution in [-0.2, 0) is 11.3 Å². The van der Waals surface area contributed by atoms with Crippen LogP contribution in [0.25, 0.3) is 0 Å². The topological polar surface area (TPSA) is 33.5 Å². The molecule has 0 saturated carbocycles. The maximum Gasteiger partial charge on any atom is 0.216 e. The van der Waals surface area contributed by atoms with Crippen LogP contribution in [0.5, 0.6) is 0 Å². The number of carbonyl (C=O) groups is 1. The average molecular weight is 411 g/mol. The molecule has 0 aliphatic carbocycles. The van der Waals surface area contributed by atoms with E-state index in [1.54, 1.807) is 11.8 Å². The highest BCUT2D eigenvalue weighted by Gasteiger charge is 2.12. The fourth-order valence-corrected chi connectivity index (χ4v) is 3.64. The third-order valence-electron chi connectivity index (χ3n) is 5.26. The van der Waals surface area contributed by atoms with E-state index in [2.05, 4.69) is 42.6 Å². The zero-order chi connectivity index (χ0) is 19.6. The quantitative estimate of drug-likeness (QED) is 0.533. The van der Waals surface area contributed by atoms with Crippen molar-refractivity contribution in [1.29, 1.82) is 0 Å². The van der Waals surface area contributed by atoms with Crippen LogP contribution in [0, 0.1) is 0 Å². The van der Waals surface area contributed by atoms with Gasteiger partial charge in [-0.25, -0.2) is 0 Å². The summed E-state index contributed by atoms with van der Waals surface area (Å²) in [6.45, 7) is 8.63. The van der Waals surface area contributed by atoms with Crippen molar-refractivity contribution in [3.05, 3.63) is 35.9 Å². The van der Waals surface area contributed by atoms with Crippen molar-refractivity contribution in [2.24, 2.45) is 0 Å². The van der Waals surface area contributed by atoms with E-state index >= 15 is 0 Å². The number of nitrogens with one attached hydrogen (secondary N) is 2. The molecule has 0 spiro atoms. The van der Waals surface area contributed by atoms with Gasteiger partial charge in [0, 0.05) is 19.0 Å². The van der Waals surface area contributed by atoms with E-state index in [0.29, 0.717) is 0 Å². The average Bonchev–Trinajstić information content (AvgIpc) is 2.69. The van der Waals surface area contributed by atoms with E-state index in [1.165, 1.54) is 89.4 Å². The maximum absolute atomic E-state index is 10.5. The number of hydrogen-bond donors (Lipinski definition) is 2. The lowest BCUT2D eigenvalue weighted by atomic mass is 10.1. The van der Waals surface area contributed by atoms with Crippen LogP contribution >= 0.6 is 0 Å². The van der Waals surface area contributed by atoms with Gasteiger partial charge in [0.2, 0.25) is 5.91 Å². The molecule has 0 bridgehead atoms. The molecule has 1 aromatic rings. The second-order valence-electron chi connectivity index (χ2n) is 7.93. The Kier molecular flexibility index (Phi) is 18.5. The zero-order valence-electron chi connectivity index (χ0n) is 18.3. The summed E-state index contributed by atoms with van der Waals surface area (Å²) in [6.07, 6.45) is 14.8. The highest BCUT2D eigenvalue weighted by molar-refractivity contribution is 5.72. The lowest BCUT2D eigenvalue weighted by Gasteiger charge is -2.23. The summed E-state index contributed by atoms with van der Waals surface area (Å²) in [4.78, 5) is 12.3. The molecule has 2 rings (SSSR count). The first-order valence-corrected chi connectivity index (χ1v) is 11.3. The molecule has 0 atom stereocenters. The molecule has 0 aromatic heterocycles. The molecule has 1 saturated heterocycles. The minimum atomic E-state index is 0. The summed E-state index contributed by atoms with van der Waals surface area (Å²) in [6, 6.07) is 10.8. The third kappa shape index (κ3) is 15.9. The summed E-state index contributed by atoms with van der Waals surface area (Å²) >= 11 is 0. The Morgan fingerprint density at radius 2 is 1.46 bits per heavy atom. The van der Waals surface area contributed by atoms with Gasteiger partial charge in [-0.1, -0.05) is 82.2 Å². The Bertz CT molecular complexity index is 461. The van der Waals surface area contributed by atoms with Gasteiger partial charge < -0.3 is 22.6 Å². The Labute approximate surface area is 180 Å². The van der Waals surface area contributed by atoms with Crippen LogP contribution in [0.3, 0.4) is 0 Å². The van der Waals surface area contributed by atoms with Crippen molar-refractivity contribution in [3.8, 4) is 0 Å². The largest absolute Gasteiger partial charge is 1.00 e. The fourth-order valence-electron chi connectivity index (χ4n) is 3.64. The molecule has 28 heavy (non-hydrogen) atoms. The Hall–Kier alpha value is -1.06. The van der Waals surface area contributed by atoms with Crippen molar-refractivity contribution >= 4 is 5.91 Å². The summed E-state index contributed by atoms with van der Waals surface area (Å²) in [5.41, 5.74) is 1.49. The maximum atomic E-state index is 10.5. The van der Waals surface area contributed by atoms with Gasteiger partial charge in [0.25, 0.3) is 0 Å². The predicted octanol–water partition coefficient (Wildman–Crippen LogP) is 1.52. The molecule has 4 heteroatoms. The van der Waals surface area contributed by atoms with Gasteiger partial charge in [0.15, 0.2) is 0 Å². The van der Waals surface area contributed by atoms with E-state index in [1.807, 2.05) is 0 Å². The molecule has 3 nitrogen and oxygen atoms in total. The highest BCUT2D eigenvalue weighted by atomic mass is 35.5. The van der Waals surface area contributed by atoms with Gasteiger partial charge in [-0.3, -0.25) is 4.79 Å². The van der Waals surface area contributed by atoms with Gasteiger partial charge in [0.1, 0.15) is 6.54 Å². The molecule has 2 N–H and O–H groups in total.